The van der Waals surface area contributed by atoms with Crippen molar-refractivity contribution in [2.75, 3.05) is 40.0 Å². The number of nitrogens with zero attached hydrogens (tertiary/aromatic N) is 2. The van der Waals surface area contributed by atoms with Crippen molar-refractivity contribution in [3.63, 3.8) is 0 Å². The second kappa shape index (κ2) is 11.2. The van der Waals surface area contributed by atoms with Crippen molar-refractivity contribution < 1.29 is 19.1 Å². The Kier molecular flexibility index (Phi) is 8.03. The maximum Gasteiger partial charge on any atom is 0.261 e. The molecule has 154 valence electrons. The Morgan fingerprint density at radius 3 is 2.59 bits per heavy atom. The molecule has 1 fully saturated rings. The van der Waals surface area contributed by atoms with E-state index in [0.717, 1.165) is 49.7 Å². The minimum Gasteiger partial charge on any atom is -0.497 e. The van der Waals surface area contributed by atoms with Crippen molar-refractivity contribution in [1.82, 2.24) is 10.2 Å². The number of oxime groups is 1. The third-order valence-electron chi connectivity index (χ3n) is 4.68. The Bertz CT molecular complexity index is 802. The van der Waals surface area contributed by atoms with Crippen LogP contribution in [-0.4, -0.2) is 57.0 Å². The van der Waals surface area contributed by atoms with Gasteiger partial charge in [-0.15, -0.1) is 0 Å². The maximum absolute atomic E-state index is 12.1. The Labute approximate surface area is 171 Å². The summed E-state index contributed by atoms with van der Waals surface area (Å²) in [6.45, 7) is 4.60. The molecule has 0 aliphatic carbocycles. The number of morpholine rings is 1. The molecule has 1 saturated heterocycles. The van der Waals surface area contributed by atoms with Crippen LogP contribution in [0.15, 0.2) is 53.7 Å². The van der Waals surface area contributed by atoms with Gasteiger partial charge in [0.15, 0.2) is 6.61 Å². The topological polar surface area (TPSA) is 72.4 Å². The SMILES string of the molecule is COc1ccc(/C=N\OCC(=O)NCc2ccccc2CN2CCOCC2)cc1. The molecule has 2 aromatic carbocycles. The van der Waals surface area contributed by atoms with E-state index in [4.69, 9.17) is 14.3 Å². The van der Waals surface area contributed by atoms with E-state index in [1.807, 2.05) is 42.5 Å². The van der Waals surface area contributed by atoms with Crippen molar-refractivity contribution in [3.8, 4) is 5.75 Å². The standard InChI is InChI=1S/C22H27N3O4/c1-27-21-8-6-18(7-9-21)14-24-29-17-22(26)23-15-19-4-2-3-5-20(19)16-25-10-12-28-13-11-25/h2-9,14H,10-13,15-17H2,1H3,(H,23,26)/b24-14-. The largest absolute Gasteiger partial charge is 0.497 e. The summed E-state index contributed by atoms with van der Waals surface area (Å²) < 4.78 is 10.5. The summed E-state index contributed by atoms with van der Waals surface area (Å²) in [7, 11) is 1.62. The van der Waals surface area contributed by atoms with E-state index in [1.54, 1.807) is 13.3 Å². The highest BCUT2D eigenvalue weighted by Crippen LogP contribution is 2.13. The number of methoxy groups -OCH3 is 1. The van der Waals surface area contributed by atoms with Crippen molar-refractivity contribution in [1.29, 1.82) is 0 Å². The Hall–Kier alpha value is -2.90. The Balaban J connectivity index is 1.42. The van der Waals surface area contributed by atoms with Crippen LogP contribution in [0.25, 0.3) is 0 Å². The van der Waals surface area contributed by atoms with Crippen molar-refractivity contribution in [2.45, 2.75) is 13.1 Å². The second-order valence-corrected chi connectivity index (χ2v) is 6.72. The summed E-state index contributed by atoms with van der Waals surface area (Å²) in [6, 6.07) is 15.5. The van der Waals surface area contributed by atoms with E-state index >= 15 is 0 Å². The highest BCUT2D eigenvalue weighted by molar-refractivity contribution is 5.80. The van der Waals surface area contributed by atoms with E-state index < -0.39 is 0 Å². The van der Waals surface area contributed by atoms with E-state index in [0.29, 0.717) is 6.54 Å². The third kappa shape index (κ3) is 6.89. The summed E-state index contributed by atoms with van der Waals surface area (Å²) >= 11 is 0. The molecule has 29 heavy (non-hydrogen) atoms. The molecule has 1 aliphatic rings. The molecule has 2 aromatic rings. The third-order valence-corrected chi connectivity index (χ3v) is 4.68. The van der Waals surface area contributed by atoms with Crippen LogP contribution < -0.4 is 10.1 Å². The van der Waals surface area contributed by atoms with Crippen LogP contribution in [-0.2, 0) is 27.5 Å². The summed E-state index contributed by atoms with van der Waals surface area (Å²) in [5.41, 5.74) is 3.19. The minimum atomic E-state index is -0.210. The predicted molar refractivity (Wildman–Crippen MR) is 111 cm³/mol. The molecule has 0 bridgehead atoms. The molecule has 0 spiro atoms. The molecule has 1 N–H and O–H groups in total. The number of carbonyl (C=O) groups is 1. The van der Waals surface area contributed by atoms with Gasteiger partial charge < -0.3 is 19.6 Å². The van der Waals surface area contributed by atoms with E-state index in [1.165, 1.54) is 5.56 Å². The lowest BCUT2D eigenvalue weighted by atomic mass is 10.1. The van der Waals surface area contributed by atoms with Gasteiger partial charge in [0.05, 0.1) is 26.5 Å². The lowest BCUT2D eigenvalue weighted by Gasteiger charge is -2.27. The van der Waals surface area contributed by atoms with Gasteiger partial charge >= 0.3 is 0 Å². The molecule has 7 heteroatoms. The van der Waals surface area contributed by atoms with Crippen LogP contribution in [0, 0.1) is 0 Å². The predicted octanol–water partition coefficient (Wildman–Crippen LogP) is 2.19. The molecule has 0 aromatic heterocycles. The fraction of sp³-hybridized carbons (Fsp3) is 0.364. The maximum atomic E-state index is 12.1. The zero-order chi connectivity index (χ0) is 20.3. The summed E-state index contributed by atoms with van der Waals surface area (Å²) in [5.74, 6) is 0.564. The van der Waals surface area contributed by atoms with Gasteiger partial charge in [-0.05, 0) is 41.0 Å². The van der Waals surface area contributed by atoms with E-state index in [2.05, 4.69) is 21.4 Å². The first-order valence-electron chi connectivity index (χ1n) is 9.67. The molecule has 0 radical (unpaired) electrons. The fourth-order valence-electron chi connectivity index (χ4n) is 3.01. The summed E-state index contributed by atoms with van der Waals surface area (Å²) in [5, 5.41) is 6.73. The van der Waals surface area contributed by atoms with Gasteiger partial charge in [0.25, 0.3) is 5.91 Å². The quantitative estimate of drug-likeness (QED) is 0.519. The zero-order valence-electron chi connectivity index (χ0n) is 16.7. The van der Waals surface area contributed by atoms with Gasteiger partial charge in [0.1, 0.15) is 5.75 Å². The highest BCUT2D eigenvalue weighted by atomic mass is 16.6. The number of ether oxygens (including phenoxy) is 2. The van der Waals surface area contributed by atoms with Gasteiger partial charge in [0, 0.05) is 26.2 Å². The number of benzene rings is 2. The lowest BCUT2D eigenvalue weighted by molar-refractivity contribution is -0.125. The molecule has 0 unspecified atom stereocenters. The molecule has 1 aliphatic heterocycles. The minimum absolute atomic E-state index is 0.127. The second-order valence-electron chi connectivity index (χ2n) is 6.72. The lowest BCUT2D eigenvalue weighted by Crippen LogP contribution is -2.36. The molecule has 0 saturated carbocycles. The highest BCUT2D eigenvalue weighted by Gasteiger charge is 2.13. The fourth-order valence-corrected chi connectivity index (χ4v) is 3.01. The molecule has 0 atom stereocenters. The molecule has 1 amide bonds. The van der Waals surface area contributed by atoms with Crippen LogP contribution >= 0.6 is 0 Å². The van der Waals surface area contributed by atoms with E-state index in [9.17, 15) is 4.79 Å². The van der Waals surface area contributed by atoms with Crippen LogP contribution in [0.1, 0.15) is 16.7 Å². The van der Waals surface area contributed by atoms with Crippen molar-refractivity contribution in [2.24, 2.45) is 5.16 Å². The number of nitrogens with one attached hydrogen (secondary N) is 1. The first-order valence-corrected chi connectivity index (χ1v) is 9.67. The smallest absolute Gasteiger partial charge is 0.261 e. The van der Waals surface area contributed by atoms with Crippen LogP contribution in [0.2, 0.25) is 0 Å². The molecule has 1 heterocycles. The zero-order valence-corrected chi connectivity index (χ0v) is 16.7. The van der Waals surface area contributed by atoms with Gasteiger partial charge in [-0.2, -0.15) is 0 Å². The van der Waals surface area contributed by atoms with E-state index in [-0.39, 0.29) is 12.5 Å². The van der Waals surface area contributed by atoms with Gasteiger partial charge in [-0.25, -0.2) is 0 Å². The van der Waals surface area contributed by atoms with Gasteiger partial charge in [0.2, 0.25) is 0 Å². The molecular weight excluding hydrogens is 370 g/mol. The van der Waals surface area contributed by atoms with Crippen LogP contribution in [0.4, 0.5) is 0 Å². The molecule has 3 rings (SSSR count). The van der Waals surface area contributed by atoms with Crippen LogP contribution in [0.3, 0.4) is 0 Å². The van der Waals surface area contributed by atoms with Crippen LogP contribution in [0.5, 0.6) is 5.75 Å². The average molecular weight is 397 g/mol. The van der Waals surface area contributed by atoms with Gasteiger partial charge in [-0.3, -0.25) is 9.69 Å². The summed E-state index contributed by atoms with van der Waals surface area (Å²) in [6.07, 6.45) is 1.56. The Morgan fingerprint density at radius 1 is 1.14 bits per heavy atom. The number of hydrogen-bond acceptors (Lipinski definition) is 6. The molecular formula is C22H27N3O4. The Morgan fingerprint density at radius 2 is 1.86 bits per heavy atom. The van der Waals surface area contributed by atoms with Gasteiger partial charge in [-0.1, -0.05) is 29.4 Å². The number of rotatable bonds is 9. The van der Waals surface area contributed by atoms with Crippen molar-refractivity contribution in [3.05, 3.63) is 65.2 Å². The van der Waals surface area contributed by atoms with Crippen molar-refractivity contribution >= 4 is 12.1 Å². The number of hydrogen-bond donors (Lipinski definition) is 1. The number of amides is 1. The first kappa shape index (κ1) is 20.8. The normalized spacial score (nSPS) is 14.7. The number of carbonyl (C=O) groups excluding carboxylic acids is 1. The first-order chi connectivity index (χ1) is 14.2. The summed E-state index contributed by atoms with van der Waals surface area (Å²) in [4.78, 5) is 19.5. The average Bonchev–Trinajstić information content (AvgIpc) is 2.77. The molecule has 7 nitrogen and oxygen atoms in total. The monoisotopic (exact) mass is 397 g/mol.